The van der Waals surface area contributed by atoms with E-state index in [0.717, 1.165) is 50.5 Å². The summed E-state index contributed by atoms with van der Waals surface area (Å²) in [7, 11) is 0. The summed E-state index contributed by atoms with van der Waals surface area (Å²) in [5, 5.41) is 4.57. The molecule has 2 aromatic rings. The van der Waals surface area contributed by atoms with Gasteiger partial charge >= 0.3 is 0 Å². The van der Waals surface area contributed by atoms with Crippen LogP contribution in [0.25, 0.3) is 0 Å². The van der Waals surface area contributed by atoms with Crippen LogP contribution in [0, 0.1) is 12.8 Å². The first-order valence-corrected chi connectivity index (χ1v) is 10.4. The summed E-state index contributed by atoms with van der Waals surface area (Å²) >= 11 is 0. The number of nitrogens with one attached hydrogen (secondary N) is 2. The molecular weight excluding hydrogens is 354 g/mol. The van der Waals surface area contributed by atoms with Crippen molar-refractivity contribution in [2.45, 2.75) is 51.9 Å². The highest BCUT2D eigenvalue weighted by Crippen LogP contribution is 2.39. The van der Waals surface area contributed by atoms with Gasteiger partial charge in [-0.3, -0.25) is 15.0 Å². The number of likely N-dealkylation sites (tertiary alicyclic amines) is 1. The number of fused-ring (bicyclic) bond motifs is 2. The molecule has 3 unspecified atom stereocenters. The van der Waals surface area contributed by atoms with Crippen molar-refractivity contribution >= 4 is 0 Å². The van der Waals surface area contributed by atoms with Crippen LogP contribution in [0.5, 0.6) is 11.5 Å². The second-order valence-corrected chi connectivity index (χ2v) is 8.15. The van der Waals surface area contributed by atoms with Crippen LogP contribution in [0.4, 0.5) is 0 Å². The van der Waals surface area contributed by atoms with E-state index in [1.165, 1.54) is 16.8 Å². The van der Waals surface area contributed by atoms with Crippen molar-refractivity contribution in [2.75, 3.05) is 19.9 Å². The summed E-state index contributed by atoms with van der Waals surface area (Å²) in [5.41, 5.74) is 11.0. The van der Waals surface area contributed by atoms with Gasteiger partial charge in [0.1, 0.15) is 0 Å². The first-order chi connectivity index (χ1) is 13.7. The maximum absolute atomic E-state index is 5.58. The quantitative estimate of drug-likeness (QED) is 0.827. The molecule has 0 amide bonds. The van der Waals surface area contributed by atoms with Gasteiger partial charge in [0.15, 0.2) is 11.5 Å². The topological polar surface area (TPSA) is 63.6 Å². The summed E-state index contributed by atoms with van der Waals surface area (Å²) in [6, 6.07) is 7.11. The molecule has 2 fully saturated rings. The van der Waals surface area contributed by atoms with E-state index >= 15 is 0 Å². The van der Waals surface area contributed by atoms with Gasteiger partial charge in [0.2, 0.25) is 6.79 Å². The van der Waals surface area contributed by atoms with E-state index in [0.29, 0.717) is 18.8 Å². The number of hydrogen-bond donors (Lipinski definition) is 2. The van der Waals surface area contributed by atoms with E-state index in [4.69, 9.17) is 9.47 Å². The average Bonchev–Trinajstić information content (AvgIpc) is 3.42. The normalized spacial score (nSPS) is 26.6. The molecule has 2 N–H and O–H groups in total. The van der Waals surface area contributed by atoms with Gasteiger partial charge in [-0.05, 0) is 37.5 Å². The van der Waals surface area contributed by atoms with E-state index in [9.17, 15) is 0 Å². The fourth-order valence-corrected chi connectivity index (χ4v) is 4.77. The molecule has 4 heterocycles. The first kappa shape index (κ1) is 18.0. The molecule has 0 spiro atoms. The molecule has 0 bridgehead atoms. The largest absolute Gasteiger partial charge is 0.454 e. The first-order valence-electron chi connectivity index (χ1n) is 10.4. The SMILES string of the molecule is CCCn1ncc(CN2CCC3NNC(c4ccc5c(c4)OCO5)C3C2)c1C. The lowest BCUT2D eigenvalue weighted by Crippen LogP contribution is -2.45. The molecule has 150 valence electrons. The number of benzene rings is 1. The van der Waals surface area contributed by atoms with E-state index in [-0.39, 0.29) is 6.04 Å². The predicted molar refractivity (Wildman–Crippen MR) is 106 cm³/mol. The molecule has 0 saturated carbocycles. The van der Waals surface area contributed by atoms with Crippen LogP contribution in [-0.2, 0) is 13.1 Å². The minimum atomic E-state index is 0.284. The third-order valence-electron chi connectivity index (χ3n) is 6.38. The standard InChI is InChI=1S/C21H29N5O2/c1-3-7-26-14(2)16(10-22-26)11-25-8-6-18-17(12-25)21(24-23-18)15-4-5-19-20(9-15)28-13-27-19/h4-5,9-10,17-18,21,23-24H,3,6-8,11-13H2,1-2H3. The van der Waals surface area contributed by atoms with Crippen molar-refractivity contribution in [3.05, 3.63) is 41.2 Å². The maximum atomic E-state index is 5.58. The smallest absolute Gasteiger partial charge is 0.231 e. The number of hydrogen-bond acceptors (Lipinski definition) is 6. The lowest BCUT2D eigenvalue weighted by molar-refractivity contribution is 0.148. The molecule has 3 aliphatic rings. The summed E-state index contributed by atoms with van der Waals surface area (Å²) in [4.78, 5) is 2.58. The molecule has 5 rings (SSSR count). The molecule has 7 nitrogen and oxygen atoms in total. The third-order valence-corrected chi connectivity index (χ3v) is 6.38. The van der Waals surface area contributed by atoms with Gasteiger partial charge in [0, 0.05) is 49.4 Å². The summed E-state index contributed by atoms with van der Waals surface area (Å²) in [5.74, 6) is 2.23. The Kier molecular flexibility index (Phi) is 4.74. The number of aryl methyl sites for hydroxylation is 1. The number of rotatable bonds is 5. The monoisotopic (exact) mass is 383 g/mol. The minimum Gasteiger partial charge on any atom is -0.454 e. The molecule has 3 atom stereocenters. The van der Waals surface area contributed by atoms with Crippen molar-refractivity contribution in [3.63, 3.8) is 0 Å². The zero-order chi connectivity index (χ0) is 19.1. The highest BCUT2D eigenvalue weighted by Gasteiger charge is 2.40. The van der Waals surface area contributed by atoms with Crippen LogP contribution < -0.4 is 20.3 Å². The Morgan fingerprint density at radius 3 is 3.00 bits per heavy atom. The van der Waals surface area contributed by atoms with Crippen LogP contribution in [0.3, 0.4) is 0 Å². The van der Waals surface area contributed by atoms with Crippen LogP contribution in [0.15, 0.2) is 24.4 Å². The van der Waals surface area contributed by atoms with E-state index < -0.39 is 0 Å². The lowest BCUT2D eigenvalue weighted by Gasteiger charge is -2.36. The van der Waals surface area contributed by atoms with Gasteiger partial charge in [0.25, 0.3) is 0 Å². The van der Waals surface area contributed by atoms with Crippen LogP contribution in [-0.4, -0.2) is 40.6 Å². The predicted octanol–water partition coefficient (Wildman–Crippen LogP) is 2.37. The van der Waals surface area contributed by atoms with Gasteiger partial charge in [-0.15, -0.1) is 0 Å². The Labute approximate surface area is 166 Å². The van der Waals surface area contributed by atoms with E-state index in [1.54, 1.807) is 0 Å². The number of hydrazine groups is 1. The fourth-order valence-electron chi connectivity index (χ4n) is 4.77. The summed E-state index contributed by atoms with van der Waals surface area (Å²) < 4.78 is 13.2. The van der Waals surface area contributed by atoms with Crippen LogP contribution in [0.1, 0.15) is 42.6 Å². The maximum Gasteiger partial charge on any atom is 0.231 e. The average molecular weight is 383 g/mol. The Morgan fingerprint density at radius 1 is 1.21 bits per heavy atom. The highest BCUT2D eigenvalue weighted by molar-refractivity contribution is 5.45. The molecule has 0 aliphatic carbocycles. The molecule has 2 saturated heterocycles. The molecular formula is C21H29N5O2. The van der Waals surface area contributed by atoms with Crippen molar-refractivity contribution in [3.8, 4) is 11.5 Å². The Hall–Kier alpha value is -2.09. The van der Waals surface area contributed by atoms with Gasteiger partial charge in [0.05, 0.1) is 12.2 Å². The van der Waals surface area contributed by atoms with Crippen molar-refractivity contribution in [1.82, 2.24) is 25.5 Å². The third kappa shape index (κ3) is 3.17. The van der Waals surface area contributed by atoms with Gasteiger partial charge in [-0.25, -0.2) is 5.43 Å². The molecule has 7 heteroatoms. The molecule has 0 radical (unpaired) electrons. The number of nitrogens with zero attached hydrogens (tertiary/aromatic N) is 3. The van der Waals surface area contributed by atoms with E-state index in [1.807, 2.05) is 6.07 Å². The van der Waals surface area contributed by atoms with E-state index in [2.05, 4.69) is 57.7 Å². The zero-order valence-corrected chi connectivity index (χ0v) is 16.6. The Balaban J connectivity index is 1.30. The van der Waals surface area contributed by atoms with Gasteiger partial charge in [-0.2, -0.15) is 5.10 Å². The van der Waals surface area contributed by atoms with Crippen LogP contribution >= 0.6 is 0 Å². The Morgan fingerprint density at radius 2 is 2.11 bits per heavy atom. The highest BCUT2D eigenvalue weighted by atomic mass is 16.7. The molecule has 1 aromatic carbocycles. The minimum absolute atomic E-state index is 0.284. The molecule has 3 aliphatic heterocycles. The van der Waals surface area contributed by atoms with Gasteiger partial charge in [-0.1, -0.05) is 13.0 Å². The number of ether oxygens (including phenoxy) is 2. The Bertz CT molecular complexity index is 851. The second kappa shape index (κ2) is 7.39. The van der Waals surface area contributed by atoms with Crippen molar-refractivity contribution < 1.29 is 9.47 Å². The molecule has 1 aromatic heterocycles. The van der Waals surface area contributed by atoms with Crippen molar-refractivity contribution in [2.24, 2.45) is 5.92 Å². The van der Waals surface area contributed by atoms with Crippen molar-refractivity contribution in [1.29, 1.82) is 0 Å². The second-order valence-electron chi connectivity index (χ2n) is 8.15. The summed E-state index contributed by atoms with van der Waals surface area (Å²) in [6.45, 7) is 8.87. The van der Waals surface area contributed by atoms with Gasteiger partial charge < -0.3 is 9.47 Å². The number of piperidine rings is 1. The molecule has 28 heavy (non-hydrogen) atoms. The fraction of sp³-hybridized carbons (Fsp3) is 0.571. The zero-order valence-electron chi connectivity index (χ0n) is 16.6. The summed E-state index contributed by atoms with van der Waals surface area (Å²) in [6.07, 6.45) is 4.32. The lowest BCUT2D eigenvalue weighted by atomic mass is 9.85. The number of aromatic nitrogens is 2. The van der Waals surface area contributed by atoms with Crippen LogP contribution in [0.2, 0.25) is 0 Å².